The highest BCUT2D eigenvalue weighted by molar-refractivity contribution is 8.00. The number of rotatable bonds is 9. The van der Waals surface area contributed by atoms with Gasteiger partial charge in [-0.25, -0.2) is 4.39 Å². The maximum atomic E-state index is 12.9. The zero-order valence-corrected chi connectivity index (χ0v) is 16.1. The third kappa shape index (κ3) is 5.95. The quantitative estimate of drug-likeness (QED) is 0.649. The Hall–Kier alpha value is -2.21. The second-order valence-electron chi connectivity index (χ2n) is 5.60. The minimum atomic E-state index is -0.284. The molecule has 0 aromatic heterocycles. The molecule has 0 radical (unpaired) electrons. The molecule has 1 amide bonds. The molecule has 2 rings (SSSR count). The molecule has 0 aliphatic carbocycles. The van der Waals surface area contributed by atoms with Crippen LogP contribution < -0.4 is 14.8 Å². The molecule has 0 bridgehead atoms. The SMILES string of the molecule is CCOc1ccc(C(C)NC(=O)CSc2ccc(F)cc2)cc1OCC. The van der Waals surface area contributed by atoms with E-state index in [2.05, 4.69) is 5.32 Å². The maximum Gasteiger partial charge on any atom is 0.230 e. The summed E-state index contributed by atoms with van der Waals surface area (Å²) in [6.45, 7) is 6.86. The molecule has 0 aliphatic heterocycles. The van der Waals surface area contributed by atoms with Gasteiger partial charge in [-0.3, -0.25) is 4.79 Å². The maximum absolute atomic E-state index is 12.9. The second kappa shape index (κ2) is 10.1. The predicted molar refractivity (Wildman–Crippen MR) is 102 cm³/mol. The van der Waals surface area contributed by atoms with Crippen molar-refractivity contribution < 1.29 is 18.7 Å². The van der Waals surface area contributed by atoms with E-state index in [1.165, 1.54) is 23.9 Å². The average molecular weight is 377 g/mol. The molecule has 1 unspecified atom stereocenters. The Morgan fingerprint density at radius 1 is 1.08 bits per heavy atom. The van der Waals surface area contributed by atoms with Gasteiger partial charge in [0.25, 0.3) is 0 Å². The van der Waals surface area contributed by atoms with E-state index in [9.17, 15) is 9.18 Å². The van der Waals surface area contributed by atoms with Crippen molar-refractivity contribution in [2.24, 2.45) is 0 Å². The molecule has 0 heterocycles. The number of benzene rings is 2. The van der Waals surface area contributed by atoms with Crippen molar-refractivity contribution in [2.75, 3.05) is 19.0 Å². The molecule has 6 heteroatoms. The standard InChI is InChI=1S/C20H24FNO3S/c1-4-24-18-11-6-15(12-19(18)25-5-2)14(3)22-20(23)13-26-17-9-7-16(21)8-10-17/h6-12,14H,4-5,13H2,1-3H3,(H,22,23). The van der Waals surface area contributed by atoms with Gasteiger partial charge in [0.2, 0.25) is 5.91 Å². The molecular formula is C20H24FNO3S. The van der Waals surface area contributed by atoms with E-state index in [4.69, 9.17) is 9.47 Å². The van der Waals surface area contributed by atoms with Crippen LogP contribution in [-0.2, 0) is 4.79 Å². The topological polar surface area (TPSA) is 47.6 Å². The summed E-state index contributed by atoms with van der Waals surface area (Å²) in [5.41, 5.74) is 0.942. The van der Waals surface area contributed by atoms with Crippen LogP contribution in [0.4, 0.5) is 4.39 Å². The van der Waals surface area contributed by atoms with E-state index in [0.29, 0.717) is 24.7 Å². The number of carbonyl (C=O) groups is 1. The summed E-state index contributed by atoms with van der Waals surface area (Å²) in [5.74, 6) is 1.27. The number of amides is 1. The van der Waals surface area contributed by atoms with Crippen LogP contribution in [0.3, 0.4) is 0 Å². The smallest absolute Gasteiger partial charge is 0.230 e. The van der Waals surface area contributed by atoms with Crippen LogP contribution in [0.2, 0.25) is 0 Å². The molecule has 4 nitrogen and oxygen atoms in total. The van der Waals surface area contributed by atoms with Gasteiger partial charge in [-0.05, 0) is 62.7 Å². The van der Waals surface area contributed by atoms with Crippen molar-refractivity contribution in [3.05, 3.63) is 53.8 Å². The number of hydrogen-bond donors (Lipinski definition) is 1. The zero-order chi connectivity index (χ0) is 18.9. The van der Waals surface area contributed by atoms with Gasteiger partial charge in [0.15, 0.2) is 11.5 Å². The third-order valence-electron chi connectivity index (χ3n) is 3.63. The average Bonchev–Trinajstić information content (AvgIpc) is 2.63. The lowest BCUT2D eigenvalue weighted by Gasteiger charge is -2.17. The molecule has 0 saturated carbocycles. The van der Waals surface area contributed by atoms with Crippen molar-refractivity contribution in [1.82, 2.24) is 5.32 Å². The largest absolute Gasteiger partial charge is 0.490 e. The monoisotopic (exact) mass is 377 g/mol. The normalized spacial score (nSPS) is 11.7. The Bertz CT molecular complexity index is 721. The fourth-order valence-corrected chi connectivity index (χ4v) is 3.09. The van der Waals surface area contributed by atoms with Gasteiger partial charge in [-0.15, -0.1) is 11.8 Å². The highest BCUT2D eigenvalue weighted by Crippen LogP contribution is 2.30. The van der Waals surface area contributed by atoms with Crippen LogP contribution in [0.5, 0.6) is 11.5 Å². The summed E-state index contributed by atoms with van der Waals surface area (Å²) >= 11 is 1.37. The molecule has 0 spiro atoms. The molecule has 0 fully saturated rings. The van der Waals surface area contributed by atoms with Gasteiger partial charge >= 0.3 is 0 Å². The number of hydrogen-bond acceptors (Lipinski definition) is 4. The van der Waals surface area contributed by atoms with E-state index < -0.39 is 0 Å². The molecule has 0 aliphatic rings. The first-order chi connectivity index (χ1) is 12.5. The first kappa shape index (κ1) is 20.1. The van der Waals surface area contributed by atoms with E-state index in [1.54, 1.807) is 12.1 Å². The van der Waals surface area contributed by atoms with Gasteiger partial charge in [0, 0.05) is 4.90 Å². The van der Waals surface area contributed by atoms with E-state index in [0.717, 1.165) is 10.5 Å². The minimum absolute atomic E-state index is 0.0846. The first-order valence-electron chi connectivity index (χ1n) is 8.60. The van der Waals surface area contributed by atoms with Crippen LogP contribution in [0, 0.1) is 5.82 Å². The van der Waals surface area contributed by atoms with Crippen LogP contribution in [0.25, 0.3) is 0 Å². The number of nitrogens with one attached hydrogen (secondary N) is 1. The fraction of sp³-hybridized carbons (Fsp3) is 0.350. The summed E-state index contributed by atoms with van der Waals surface area (Å²) in [6.07, 6.45) is 0. The van der Waals surface area contributed by atoms with Crippen molar-refractivity contribution >= 4 is 17.7 Å². The molecule has 1 atom stereocenters. The summed E-state index contributed by atoms with van der Waals surface area (Å²) < 4.78 is 24.1. The summed E-state index contributed by atoms with van der Waals surface area (Å²) in [7, 11) is 0. The molecule has 1 N–H and O–H groups in total. The highest BCUT2D eigenvalue weighted by atomic mass is 32.2. The Labute approximate surface area is 158 Å². The van der Waals surface area contributed by atoms with Crippen molar-refractivity contribution in [2.45, 2.75) is 31.7 Å². The van der Waals surface area contributed by atoms with Crippen LogP contribution >= 0.6 is 11.8 Å². The molecule has 0 saturated heterocycles. The second-order valence-corrected chi connectivity index (χ2v) is 6.65. The van der Waals surface area contributed by atoms with Gasteiger partial charge in [0.05, 0.1) is 25.0 Å². The van der Waals surface area contributed by atoms with Crippen molar-refractivity contribution in [3.8, 4) is 11.5 Å². The third-order valence-corrected chi connectivity index (χ3v) is 4.64. The van der Waals surface area contributed by atoms with Crippen LogP contribution in [-0.4, -0.2) is 24.9 Å². The van der Waals surface area contributed by atoms with Gasteiger partial charge in [-0.1, -0.05) is 6.07 Å². The lowest BCUT2D eigenvalue weighted by Crippen LogP contribution is -2.28. The summed E-state index contributed by atoms with van der Waals surface area (Å²) in [5, 5.41) is 2.97. The number of carbonyl (C=O) groups excluding carboxylic acids is 1. The Balaban J connectivity index is 1.95. The lowest BCUT2D eigenvalue weighted by atomic mass is 10.1. The van der Waals surface area contributed by atoms with E-state index in [1.807, 2.05) is 39.0 Å². The predicted octanol–water partition coefficient (Wildman–Crippen LogP) is 4.59. The highest BCUT2D eigenvalue weighted by Gasteiger charge is 2.13. The summed E-state index contributed by atoms with van der Waals surface area (Å²) in [4.78, 5) is 13.0. The number of thioether (sulfide) groups is 1. The first-order valence-corrected chi connectivity index (χ1v) is 9.59. The van der Waals surface area contributed by atoms with Crippen molar-refractivity contribution in [1.29, 1.82) is 0 Å². The fourth-order valence-electron chi connectivity index (χ4n) is 2.38. The Morgan fingerprint density at radius 2 is 1.73 bits per heavy atom. The van der Waals surface area contributed by atoms with Crippen LogP contribution in [0.15, 0.2) is 47.4 Å². The van der Waals surface area contributed by atoms with E-state index in [-0.39, 0.29) is 23.5 Å². The van der Waals surface area contributed by atoms with Crippen molar-refractivity contribution in [3.63, 3.8) is 0 Å². The van der Waals surface area contributed by atoms with Gasteiger partial charge in [-0.2, -0.15) is 0 Å². The van der Waals surface area contributed by atoms with Gasteiger partial charge < -0.3 is 14.8 Å². The zero-order valence-electron chi connectivity index (χ0n) is 15.3. The Kier molecular flexibility index (Phi) is 7.78. The van der Waals surface area contributed by atoms with Gasteiger partial charge in [0.1, 0.15) is 5.82 Å². The summed E-state index contributed by atoms with van der Waals surface area (Å²) in [6, 6.07) is 11.6. The van der Waals surface area contributed by atoms with Crippen LogP contribution in [0.1, 0.15) is 32.4 Å². The molecule has 26 heavy (non-hydrogen) atoms. The lowest BCUT2D eigenvalue weighted by molar-refractivity contribution is -0.119. The Morgan fingerprint density at radius 3 is 2.38 bits per heavy atom. The number of halogens is 1. The molecule has 2 aromatic rings. The van der Waals surface area contributed by atoms with E-state index >= 15 is 0 Å². The molecule has 2 aromatic carbocycles. The minimum Gasteiger partial charge on any atom is -0.490 e. The molecular weight excluding hydrogens is 353 g/mol. The molecule has 140 valence electrons. The number of ether oxygens (including phenoxy) is 2.